The maximum Gasteiger partial charge on any atom is 0.328 e. The van der Waals surface area contributed by atoms with Crippen molar-refractivity contribution in [1.29, 1.82) is 0 Å². The lowest BCUT2D eigenvalue weighted by molar-refractivity contribution is -0.157. The molecule has 0 aromatic heterocycles. The van der Waals surface area contributed by atoms with Gasteiger partial charge in [0, 0.05) is 13.0 Å². The van der Waals surface area contributed by atoms with Crippen molar-refractivity contribution >= 4 is 11.9 Å². The van der Waals surface area contributed by atoms with E-state index in [1.54, 1.807) is 4.90 Å². The summed E-state index contributed by atoms with van der Waals surface area (Å²) in [6.07, 6.45) is 2.57. The molecule has 1 aromatic carbocycles. The molecule has 2 atom stereocenters. The van der Waals surface area contributed by atoms with Crippen LogP contribution in [-0.2, 0) is 20.7 Å². The smallest absolute Gasteiger partial charge is 0.328 e. The SMILES string of the molecule is COC(=O)[C@H]1CCCCN1C(=O)C1Cc2ccccc2O1. The van der Waals surface area contributed by atoms with Gasteiger partial charge >= 0.3 is 5.97 Å². The van der Waals surface area contributed by atoms with Crippen LogP contribution in [0.3, 0.4) is 0 Å². The van der Waals surface area contributed by atoms with E-state index in [2.05, 4.69) is 0 Å². The summed E-state index contributed by atoms with van der Waals surface area (Å²) in [5.41, 5.74) is 1.04. The third-order valence-electron chi connectivity index (χ3n) is 4.18. The van der Waals surface area contributed by atoms with Crippen LogP contribution in [0.5, 0.6) is 5.75 Å². The van der Waals surface area contributed by atoms with E-state index in [0.29, 0.717) is 19.4 Å². The molecular weight excluding hydrogens is 270 g/mol. The average molecular weight is 289 g/mol. The number of methoxy groups -OCH3 is 1. The second kappa shape index (κ2) is 5.76. The number of carbonyl (C=O) groups excluding carboxylic acids is 2. The maximum absolute atomic E-state index is 12.7. The van der Waals surface area contributed by atoms with Crippen molar-refractivity contribution < 1.29 is 19.1 Å². The van der Waals surface area contributed by atoms with Crippen LogP contribution in [0.4, 0.5) is 0 Å². The fraction of sp³-hybridized carbons (Fsp3) is 0.500. The van der Waals surface area contributed by atoms with Crippen LogP contribution >= 0.6 is 0 Å². The van der Waals surface area contributed by atoms with Crippen LogP contribution in [-0.4, -0.2) is 42.6 Å². The van der Waals surface area contributed by atoms with Gasteiger partial charge in [-0.05, 0) is 30.9 Å². The highest BCUT2D eigenvalue weighted by atomic mass is 16.5. The van der Waals surface area contributed by atoms with Crippen LogP contribution in [0, 0.1) is 0 Å². The maximum atomic E-state index is 12.7. The summed E-state index contributed by atoms with van der Waals surface area (Å²) < 4.78 is 10.6. The molecule has 1 fully saturated rings. The van der Waals surface area contributed by atoms with Crippen LogP contribution in [0.2, 0.25) is 0 Å². The molecule has 0 saturated carbocycles. The zero-order valence-corrected chi connectivity index (χ0v) is 12.1. The van der Waals surface area contributed by atoms with Gasteiger partial charge in [0.1, 0.15) is 11.8 Å². The highest BCUT2D eigenvalue weighted by molar-refractivity contribution is 5.88. The molecule has 1 aromatic rings. The van der Waals surface area contributed by atoms with Gasteiger partial charge in [-0.25, -0.2) is 4.79 Å². The number of benzene rings is 1. The van der Waals surface area contributed by atoms with Crippen LogP contribution in [0.15, 0.2) is 24.3 Å². The molecule has 0 radical (unpaired) electrons. The highest BCUT2D eigenvalue weighted by Crippen LogP contribution is 2.30. The topological polar surface area (TPSA) is 55.8 Å². The van der Waals surface area contributed by atoms with E-state index in [0.717, 1.165) is 24.2 Å². The number of ether oxygens (including phenoxy) is 2. The Bertz CT molecular complexity index is 532. The molecule has 1 amide bonds. The van der Waals surface area contributed by atoms with Crippen molar-refractivity contribution in [2.75, 3.05) is 13.7 Å². The Morgan fingerprint density at radius 2 is 2.10 bits per heavy atom. The minimum Gasteiger partial charge on any atom is -0.480 e. The summed E-state index contributed by atoms with van der Waals surface area (Å²) in [5, 5.41) is 0. The number of piperidine rings is 1. The summed E-state index contributed by atoms with van der Waals surface area (Å²) >= 11 is 0. The fourth-order valence-electron chi connectivity index (χ4n) is 3.08. The number of carbonyl (C=O) groups is 2. The molecule has 1 saturated heterocycles. The van der Waals surface area contributed by atoms with Gasteiger partial charge in [0.2, 0.25) is 0 Å². The fourth-order valence-corrected chi connectivity index (χ4v) is 3.08. The van der Waals surface area contributed by atoms with Crippen LogP contribution in [0.25, 0.3) is 0 Å². The molecule has 5 nitrogen and oxygen atoms in total. The van der Waals surface area contributed by atoms with Gasteiger partial charge in [0.25, 0.3) is 5.91 Å². The van der Waals surface area contributed by atoms with Crippen molar-refractivity contribution in [3.8, 4) is 5.75 Å². The minimum atomic E-state index is -0.521. The Kier molecular flexibility index (Phi) is 3.82. The summed E-state index contributed by atoms with van der Waals surface area (Å²) in [6.45, 7) is 0.592. The molecule has 0 bridgehead atoms. The molecule has 0 N–H and O–H groups in total. The normalized spacial score (nSPS) is 24.1. The first-order chi connectivity index (χ1) is 10.2. The molecule has 112 valence electrons. The Labute approximate surface area is 123 Å². The number of nitrogens with zero attached hydrogens (tertiary/aromatic N) is 1. The molecule has 2 aliphatic heterocycles. The summed E-state index contributed by atoms with van der Waals surface area (Å²) in [7, 11) is 1.36. The van der Waals surface area contributed by atoms with E-state index in [1.807, 2.05) is 24.3 Å². The van der Waals surface area contributed by atoms with E-state index in [1.165, 1.54) is 7.11 Å². The molecular formula is C16H19NO4. The summed E-state index contributed by atoms with van der Waals surface area (Å²) in [6, 6.07) is 7.20. The van der Waals surface area contributed by atoms with Crippen molar-refractivity contribution in [1.82, 2.24) is 4.90 Å². The van der Waals surface area contributed by atoms with Gasteiger partial charge in [0.05, 0.1) is 7.11 Å². The van der Waals surface area contributed by atoms with Crippen LogP contribution in [0.1, 0.15) is 24.8 Å². The highest BCUT2D eigenvalue weighted by Gasteiger charge is 2.39. The molecule has 2 heterocycles. The monoisotopic (exact) mass is 289 g/mol. The largest absolute Gasteiger partial charge is 0.480 e. The van der Waals surface area contributed by atoms with Gasteiger partial charge < -0.3 is 14.4 Å². The second-order valence-corrected chi connectivity index (χ2v) is 5.48. The van der Waals surface area contributed by atoms with E-state index < -0.39 is 12.1 Å². The number of likely N-dealkylation sites (tertiary alicyclic amines) is 1. The average Bonchev–Trinajstić information content (AvgIpc) is 2.97. The van der Waals surface area contributed by atoms with Gasteiger partial charge in [-0.3, -0.25) is 4.79 Å². The van der Waals surface area contributed by atoms with Gasteiger partial charge in [-0.15, -0.1) is 0 Å². The number of hydrogen-bond donors (Lipinski definition) is 0. The number of hydrogen-bond acceptors (Lipinski definition) is 4. The lowest BCUT2D eigenvalue weighted by Gasteiger charge is -2.35. The number of para-hydroxylation sites is 1. The molecule has 2 aliphatic rings. The van der Waals surface area contributed by atoms with E-state index in [9.17, 15) is 9.59 Å². The third-order valence-corrected chi connectivity index (χ3v) is 4.18. The van der Waals surface area contributed by atoms with Crippen molar-refractivity contribution in [2.24, 2.45) is 0 Å². The zero-order chi connectivity index (χ0) is 14.8. The Hall–Kier alpha value is -2.04. The van der Waals surface area contributed by atoms with Gasteiger partial charge in [0.15, 0.2) is 6.10 Å². The molecule has 3 rings (SSSR count). The number of fused-ring (bicyclic) bond motifs is 1. The first-order valence-corrected chi connectivity index (χ1v) is 7.33. The quantitative estimate of drug-likeness (QED) is 0.775. The number of esters is 1. The van der Waals surface area contributed by atoms with Crippen molar-refractivity contribution in [3.05, 3.63) is 29.8 Å². The Balaban J connectivity index is 1.74. The summed E-state index contributed by atoms with van der Waals surface area (Å²) in [4.78, 5) is 26.2. The van der Waals surface area contributed by atoms with Gasteiger partial charge in [-0.2, -0.15) is 0 Å². The second-order valence-electron chi connectivity index (χ2n) is 5.48. The van der Waals surface area contributed by atoms with Crippen LogP contribution < -0.4 is 4.74 Å². The standard InChI is InChI=1S/C16H19NO4/c1-20-16(19)12-7-4-5-9-17(12)15(18)14-10-11-6-2-3-8-13(11)21-14/h2-3,6,8,12,14H,4-5,7,9-10H2,1H3/t12-,14?/m1/s1. The predicted molar refractivity (Wildman–Crippen MR) is 75.9 cm³/mol. The molecule has 5 heteroatoms. The number of amides is 1. The molecule has 0 spiro atoms. The lowest BCUT2D eigenvalue weighted by Crippen LogP contribution is -2.52. The third kappa shape index (κ3) is 2.60. The molecule has 1 unspecified atom stereocenters. The first-order valence-electron chi connectivity index (χ1n) is 7.33. The first kappa shape index (κ1) is 13.9. The lowest BCUT2D eigenvalue weighted by atomic mass is 10.0. The number of rotatable bonds is 2. The zero-order valence-electron chi connectivity index (χ0n) is 12.1. The van der Waals surface area contributed by atoms with E-state index in [4.69, 9.17) is 9.47 Å². The predicted octanol–water partition coefficient (Wildman–Crippen LogP) is 1.54. The van der Waals surface area contributed by atoms with E-state index in [-0.39, 0.29) is 11.9 Å². The van der Waals surface area contributed by atoms with E-state index >= 15 is 0 Å². The van der Waals surface area contributed by atoms with Gasteiger partial charge in [-0.1, -0.05) is 18.2 Å². The molecule has 0 aliphatic carbocycles. The Morgan fingerprint density at radius 3 is 2.86 bits per heavy atom. The Morgan fingerprint density at radius 1 is 1.29 bits per heavy atom. The molecule has 21 heavy (non-hydrogen) atoms. The van der Waals surface area contributed by atoms with Crippen molar-refractivity contribution in [3.63, 3.8) is 0 Å². The minimum absolute atomic E-state index is 0.110. The van der Waals surface area contributed by atoms with Crippen molar-refractivity contribution in [2.45, 2.75) is 37.8 Å². The summed E-state index contributed by atoms with van der Waals surface area (Å²) in [5.74, 6) is 0.322.